The van der Waals surface area contributed by atoms with Crippen LogP contribution in [0.3, 0.4) is 0 Å². The minimum Gasteiger partial charge on any atom is -0.459 e. The van der Waals surface area contributed by atoms with Crippen molar-refractivity contribution in [3.63, 3.8) is 0 Å². The summed E-state index contributed by atoms with van der Waals surface area (Å²) in [6.45, 7) is 4.81. The summed E-state index contributed by atoms with van der Waals surface area (Å²) in [5.41, 5.74) is -1.83. The first kappa shape index (κ1) is 18.0. The van der Waals surface area contributed by atoms with E-state index in [0.717, 1.165) is 13.8 Å². The molecule has 19 heavy (non-hydrogen) atoms. The Kier molecular flexibility index (Phi) is 5.30. The molecule has 114 valence electrons. The van der Waals surface area contributed by atoms with Crippen LogP contribution in [-0.4, -0.2) is 23.9 Å². The SMILES string of the molecule is CC(=O)OC(C)(CC(C(F)(F)F)C(F)(F)F)C(C)C. The molecule has 2 nitrogen and oxygen atoms in total. The Balaban J connectivity index is 5.34. The average Bonchev–Trinajstić information content (AvgIpc) is 2.09. The molecule has 1 atom stereocenters. The van der Waals surface area contributed by atoms with Gasteiger partial charge in [0.05, 0.1) is 0 Å². The topological polar surface area (TPSA) is 26.3 Å². The van der Waals surface area contributed by atoms with E-state index in [4.69, 9.17) is 0 Å². The Morgan fingerprint density at radius 2 is 1.42 bits per heavy atom. The summed E-state index contributed by atoms with van der Waals surface area (Å²) in [6, 6.07) is 0. The summed E-state index contributed by atoms with van der Waals surface area (Å²) in [4.78, 5) is 10.9. The summed E-state index contributed by atoms with van der Waals surface area (Å²) < 4.78 is 79.6. The smallest absolute Gasteiger partial charge is 0.400 e. The van der Waals surface area contributed by atoms with E-state index in [1.165, 1.54) is 13.8 Å². The molecular formula is C11H16F6O2. The van der Waals surface area contributed by atoms with Crippen LogP contribution in [0.15, 0.2) is 0 Å². The van der Waals surface area contributed by atoms with Gasteiger partial charge >= 0.3 is 18.3 Å². The Morgan fingerprint density at radius 3 is 1.63 bits per heavy atom. The van der Waals surface area contributed by atoms with Gasteiger partial charge in [-0.15, -0.1) is 0 Å². The molecule has 0 N–H and O–H groups in total. The lowest BCUT2D eigenvalue weighted by molar-refractivity contribution is -0.296. The van der Waals surface area contributed by atoms with Crippen molar-refractivity contribution in [2.75, 3.05) is 0 Å². The number of hydrogen-bond donors (Lipinski definition) is 0. The molecule has 0 saturated heterocycles. The highest BCUT2D eigenvalue weighted by molar-refractivity contribution is 5.66. The molecule has 0 saturated carbocycles. The fourth-order valence-corrected chi connectivity index (χ4v) is 1.55. The average molecular weight is 294 g/mol. The molecule has 1 unspecified atom stereocenters. The van der Waals surface area contributed by atoms with Crippen LogP contribution in [0.4, 0.5) is 26.3 Å². The maximum Gasteiger partial charge on any atom is 0.400 e. The predicted octanol–water partition coefficient (Wildman–Crippen LogP) is 4.10. The molecule has 0 fully saturated rings. The normalized spacial score (nSPS) is 16.6. The molecule has 0 aromatic rings. The highest BCUT2D eigenvalue weighted by atomic mass is 19.4. The van der Waals surface area contributed by atoms with Crippen LogP contribution in [0.1, 0.15) is 34.1 Å². The number of ether oxygens (including phenoxy) is 1. The molecule has 0 aromatic carbocycles. The van der Waals surface area contributed by atoms with Gasteiger partial charge in [0.2, 0.25) is 0 Å². The third kappa shape index (κ3) is 5.28. The van der Waals surface area contributed by atoms with Crippen molar-refractivity contribution in [1.29, 1.82) is 0 Å². The molecule has 0 spiro atoms. The third-order valence-electron chi connectivity index (χ3n) is 3.00. The standard InChI is InChI=1S/C11H16F6O2/c1-6(2)9(4,19-7(3)18)5-8(10(12,13)14)11(15,16)17/h6,8H,5H2,1-4H3. The minimum absolute atomic E-state index is 0.691. The van der Waals surface area contributed by atoms with E-state index in [9.17, 15) is 31.1 Å². The Hall–Kier alpha value is -0.950. The van der Waals surface area contributed by atoms with Gasteiger partial charge < -0.3 is 4.74 Å². The Bertz CT molecular complexity index is 306. The zero-order valence-electron chi connectivity index (χ0n) is 10.9. The van der Waals surface area contributed by atoms with E-state index in [-0.39, 0.29) is 0 Å². The number of halogens is 6. The van der Waals surface area contributed by atoms with Gasteiger partial charge in [0.15, 0.2) is 5.92 Å². The van der Waals surface area contributed by atoms with E-state index in [1.54, 1.807) is 0 Å². The molecule has 0 heterocycles. The maximum absolute atomic E-state index is 12.5. The van der Waals surface area contributed by atoms with E-state index in [2.05, 4.69) is 4.74 Å². The first-order valence-electron chi connectivity index (χ1n) is 5.53. The van der Waals surface area contributed by atoms with Crippen molar-refractivity contribution < 1.29 is 35.9 Å². The lowest BCUT2D eigenvalue weighted by Crippen LogP contribution is -2.46. The highest BCUT2D eigenvalue weighted by Crippen LogP contribution is 2.45. The van der Waals surface area contributed by atoms with Crippen LogP contribution in [0.2, 0.25) is 0 Å². The van der Waals surface area contributed by atoms with Gasteiger partial charge in [-0.1, -0.05) is 13.8 Å². The molecular weight excluding hydrogens is 278 g/mol. The Labute approximate surface area is 107 Å². The predicted molar refractivity (Wildman–Crippen MR) is 55.2 cm³/mol. The van der Waals surface area contributed by atoms with E-state index < -0.39 is 42.2 Å². The quantitative estimate of drug-likeness (QED) is 0.576. The van der Waals surface area contributed by atoms with Crippen molar-refractivity contribution in [3.05, 3.63) is 0 Å². The highest BCUT2D eigenvalue weighted by Gasteiger charge is 2.59. The molecule has 0 bridgehead atoms. The number of esters is 1. The summed E-state index contributed by atoms with van der Waals surface area (Å²) in [5.74, 6) is -5.13. The van der Waals surface area contributed by atoms with Gasteiger partial charge in [-0.25, -0.2) is 0 Å². The molecule has 0 rings (SSSR count). The fourth-order valence-electron chi connectivity index (χ4n) is 1.55. The third-order valence-corrected chi connectivity index (χ3v) is 3.00. The van der Waals surface area contributed by atoms with Crippen molar-refractivity contribution in [2.45, 2.75) is 52.1 Å². The molecule has 0 radical (unpaired) electrons. The van der Waals surface area contributed by atoms with E-state index >= 15 is 0 Å². The summed E-state index contributed by atoms with van der Waals surface area (Å²) in [6.07, 6.45) is -12.2. The second-order valence-corrected chi connectivity index (χ2v) is 4.90. The van der Waals surface area contributed by atoms with Gasteiger partial charge in [0.25, 0.3) is 0 Å². The first-order chi connectivity index (χ1) is 8.20. The molecule has 0 aliphatic heterocycles. The summed E-state index contributed by atoms with van der Waals surface area (Å²) >= 11 is 0. The number of alkyl halides is 6. The Morgan fingerprint density at radius 1 is 1.05 bits per heavy atom. The first-order valence-corrected chi connectivity index (χ1v) is 5.53. The largest absolute Gasteiger partial charge is 0.459 e. The van der Waals surface area contributed by atoms with Gasteiger partial charge in [-0.2, -0.15) is 26.3 Å². The van der Waals surface area contributed by atoms with Crippen LogP contribution >= 0.6 is 0 Å². The van der Waals surface area contributed by atoms with Crippen LogP contribution in [0.5, 0.6) is 0 Å². The number of carbonyl (C=O) groups is 1. The van der Waals surface area contributed by atoms with Crippen LogP contribution in [0, 0.1) is 11.8 Å². The minimum atomic E-state index is -5.44. The van der Waals surface area contributed by atoms with Gasteiger partial charge in [-0.05, 0) is 12.8 Å². The summed E-state index contributed by atoms with van der Waals surface area (Å²) in [5, 5.41) is 0. The lowest BCUT2D eigenvalue weighted by atomic mass is 9.82. The van der Waals surface area contributed by atoms with Crippen LogP contribution in [-0.2, 0) is 9.53 Å². The van der Waals surface area contributed by atoms with Crippen molar-refractivity contribution in [2.24, 2.45) is 11.8 Å². The van der Waals surface area contributed by atoms with Gasteiger partial charge in [-0.3, -0.25) is 4.79 Å². The number of rotatable bonds is 4. The second kappa shape index (κ2) is 5.58. The second-order valence-electron chi connectivity index (χ2n) is 4.90. The van der Waals surface area contributed by atoms with Crippen molar-refractivity contribution >= 4 is 5.97 Å². The molecule has 0 amide bonds. The van der Waals surface area contributed by atoms with E-state index in [1.807, 2.05) is 0 Å². The summed E-state index contributed by atoms with van der Waals surface area (Å²) in [7, 11) is 0. The van der Waals surface area contributed by atoms with Crippen LogP contribution < -0.4 is 0 Å². The fraction of sp³-hybridized carbons (Fsp3) is 0.909. The van der Waals surface area contributed by atoms with E-state index in [0.29, 0.717) is 0 Å². The van der Waals surface area contributed by atoms with Gasteiger partial charge in [0.1, 0.15) is 5.60 Å². The zero-order valence-corrected chi connectivity index (χ0v) is 10.9. The molecule has 0 aliphatic rings. The monoisotopic (exact) mass is 294 g/mol. The lowest BCUT2D eigenvalue weighted by Gasteiger charge is -2.37. The number of carbonyl (C=O) groups excluding carboxylic acids is 1. The molecule has 8 heteroatoms. The number of hydrogen-bond acceptors (Lipinski definition) is 2. The molecule has 0 aromatic heterocycles. The zero-order chi connectivity index (χ0) is 15.6. The van der Waals surface area contributed by atoms with Gasteiger partial charge in [0, 0.05) is 13.3 Å². The van der Waals surface area contributed by atoms with Crippen molar-refractivity contribution in [1.82, 2.24) is 0 Å². The van der Waals surface area contributed by atoms with Crippen LogP contribution in [0.25, 0.3) is 0 Å². The van der Waals surface area contributed by atoms with Crippen molar-refractivity contribution in [3.8, 4) is 0 Å². The molecule has 0 aliphatic carbocycles. The maximum atomic E-state index is 12.5.